The van der Waals surface area contributed by atoms with Gasteiger partial charge in [0.25, 0.3) is 8.48 Å². The molecule has 2 nitrogen and oxygen atoms in total. The first-order chi connectivity index (χ1) is 6.62. The summed E-state index contributed by atoms with van der Waals surface area (Å²) in [6.07, 6.45) is 2.65. The summed E-state index contributed by atoms with van der Waals surface area (Å²) in [6.45, 7) is 10.2. The maximum atomic E-state index is 5.92. The van der Waals surface area contributed by atoms with Crippen LogP contribution in [0.3, 0.4) is 0 Å². The fourth-order valence-corrected chi connectivity index (χ4v) is 7.86. The van der Waals surface area contributed by atoms with E-state index in [1.807, 2.05) is 7.11 Å². The molecule has 3 unspecified atom stereocenters. The van der Waals surface area contributed by atoms with Crippen molar-refractivity contribution in [3.63, 3.8) is 0 Å². The first-order valence-electron chi connectivity index (χ1n) is 5.92. The second-order valence-electron chi connectivity index (χ2n) is 4.72. The molecule has 0 bridgehead atoms. The van der Waals surface area contributed by atoms with E-state index >= 15 is 0 Å². The molecule has 0 aliphatic carbocycles. The number of hydrogen-bond donors (Lipinski definition) is 1. The van der Waals surface area contributed by atoms with Crippen molar-refractivity contribution < 1.29 is 4.43 Å². The Morgan fingerprint density at radius 2 is 2.07 bits per heavy atom. The zero-order chi connectivity index (χ0) is 10.8. The van der Waals surface area contributed by atoms with Gasteiger partial charge in [-0.05, 0) is 30.0 Å². The Balaban J connectivity index is 2.73. The normalized spacial score (nSPS) is 37.3. The fourth-order valence-electron chi connectivity index (χ4n) is 2.98. The molecule has 0 aromatic carbocycles. The van der Waals surface area contributed by atoms with Gasteiger partial charge in [0.15, 0.2) is 0 Å². The van der Waals surface area contributed by atoms with Crippen LogP contribution in [-0.4, -0.2) is 22.1 Å². The summed E-state index contributed by atoms with van der Waals surface area (Å²) in [6, 6.07) is 0. The van der Waals surface area contributed by atoms with E-state index in [0.29, 0.717) is 0 Å². The van der Waals surface area contributed by atoms with E-state index in [1.165, 1.54) is 12.8 Å². The van der Waals surface area contributed by atoms with Gasteiger partial charge >= 0.3 is 0 Å². The van der Waals surface area contributed by atoms with E-state index in [2.05, 4.69) is 32.7 Å². The van der Waals surface area contributed by atoms with Crippen molar-refractivity contribution in [3.05, 3.63) is 0 Å². The summed E-state index contributed by atoms with van der Waals surface area (Å²) < 4.78 is 5.92. The van der Waals surface area contributed by atoms with Gasteiger partial charge in [0.2, 0.25) is 0 Å². The topological polar surface area (TPSA) is 21.3 Å². The number of hydrogen-bond acceptors (Lipinski definition) is 2. The minimum Gasteiger partial charge on any atom is -0.406 e. The summed E-state index contributed by atoms with van der Waals surface area (Å²) in [4.78, 5) is 3.69. The van der Waals surface area contributed by atoms with Crippen molar-refractivity contribution >= 4 is 8.48 Å². The summed E-state index contributed by atoms with van der Waals surface area (Å²) in [5.74, 6) is 0.767. The third-order valence-electron chi connectivity index (χ3n) is 3.78. The SMILES string of the molecule is CCN[Si]1(OC)C(CC)CC1C(C)C. The first kappa shape index (κ1) is 12.2. The Morgan fingerprint density at radius 3 is 2.43 bits per heavy atom. The quantitative estimate of drug-likeness (QED) is 0.712. The third kappa shape index (κ3) is 1.77. The maximum Gasteiger partial charge on any atom is 0.274 e. The highest BCUT2D eigenvalue weighted by atomic mass is 28.4. The molecule has 1 N–H and O–H groups in total. The molecule has 84 valence electrons. The van der Waals surface area contributed by atoms with Crippen molar-refractivity contribution in [1.29, 1.82) is 0 Å². The zero-order valence-corrected chi connectivity index (χ0v) is 11.3. The molecule has 14 heavy (non-hydrogen) atoms. The van der Waals surface area contributed by atoms with Gasteiger partial charge in [-0.25, -0.2) is 0 Å². The maximum absolute atomic E-state index is 5.92. The molecule has 3 heteroatoms. The van der Waals surface area contributed by atoms with Crippen LogP contribution in [0.4, 0.5) is 0 Å². The van der Waals surface area contributed by atoms with Crippen molar-refractivity contribution in [3.8, 4) is 0 Å². The highest BCUT2D eigenvalue weighted by Gasteiger charge is 2.58. The molecule has 0 saturated carbocycles. The van der Waals surface area contributed by atoms with Crippen LogP contribution in [0.25, 0.3) is 0 Å². The van der Waals surface area contributed by atoms with E-state index in [1.54, 1.807) is 0 Å². The molecule has 0 aromatic heterocycles. The molecule has 3 atom stereocenters. The van der Waals surface area contributed by atoms with Crippen LogP contribution >= 0.6 is 0 Å². The van der Waals surface area contributed by atoms with Gasteiger partial charge < -0.3 is 9.41 Å². The average molecular weight is 215 g/mol. The highest BCUT2D eigenvalue weighted by molar-refractivity contribution is 6.77. The van der Waals surface area contributed by atoms with E-state index in [-0.39, 0.29) is 0 Å². The summed E-state index contributed by atoms with van der Waals surface area (Å²) in [5.41, 5.74) is 1.65. The van der Waals surface area contributed by atoms with E-state index in [4.69, 9.17) is 4.43 Å². The van der Waals surface area contributed by atoms with E-state index in [9.17, 15) is 0 Å². The standard InChI is InChI=1S/C11H25NOSi/c1-6-10-8-11(9(3)4)14(10,13-5)12-7-2/h9-12H,6-8H2,1-5H3. The van der Waals surface area contributed by atoms with Gasteiger partial charge in [-0.15, -0.1) is 0 Å². The largest absolute Gasteiger partial charge is 0.406 e. The zero-order valence-electron chi connectivity index (χ0n) is 10.3. The van der Waals surface area contributed by atoms with Crippen LogP contribution in [0, 0.1) is 5.92 Å². The Hall–Kier alpha value is 0.137. The van der Waals surface area contributed by atoms with Gasteiger partial charge in [0.05, 0.1) is 0 Å². The smallest absolute Gasteiger partial charge is 0.274 e. The fraction of sp³-hybridized carbons (Fsp3) is 1.00. The van der Waals surface area contributed by atoms with Crippen LogP contribution in [-0.2, 0) is 4.43 Å². The Kier molecular flexibility index (Phi) is 4.16. The lowest BCUT2D eigenvalue weighted by Crippen LogP contribution is -2.67. The minimum absolute atomic E-state index is 0.767. The lowest BCUT2D eigenvalue weighted by Gasteiger charge is -2.54. The molecule has 0 amide bonds. The number of rotatable bonds is 5. The third-order valence-corrected chi connectivity index (χ3v) is 9.23. The van der Waals surface area contributed by atoms with Crippen LogP contribution in [0.1, 0.15) is 40.5 Å². The Morgan fingerprint density at radius 1 is 1.43 bits per heavy atom. The second-order valence-corrected chi connectivity index (χ2v) is 8.63. The van der Waals surface area contributed by atoms with Crippen molar-refractivity contribution in [1.82, 2.24) is 4.98 Å². The van der Waals surface area contributed by atoms with Gasteiger partial charge in [0.1, 0.15) is 0 Å². The predicted molar refractivity (Wildman–Crippen MR) is 63.7 cm³/mol. The van der Waals surface area contributed by atoms with Crippen molar-refractivity contribution in [2.24, 2.45) is 5.92 Å². The molecule has 1 rings (SSSR count). The van der Waals surface area contributed by atoms with Gasteiger partial charge in [-0.3, -0.25) is 0 Å². The molecule has 1 aliphatic rings. The minimum atomic E-state index is -1.59. The van der Waals surface area contributed by atoms with Gasteiger partial charge in [-0.2, -0.15) is 0 Å². The number of nitrogens with one attached hydrogen (secondary N) is 1. The van der Waals surface area contributed by atoms with Crippen molar-refractivity contribution in [2.45, 2.75) is 51.6 Å². The van der Waals surface area contributed by atoms with Crippen molar-refractivity contribution in [2.75, 3.05) is 13.7 Å². The molecular formula is C11H25NOSi. The lowest BCUT2D eigenvalue weighted by atomic mass is 10.0. The van der Waals surface area contributed by atoms with Gasteiger partial charge in [0, 0.05) is 7.11 Å². The first-order valence-corrected chi connectivity index (χ1v) is 7.98. The Bertz CT molecular complexity index is 186. The molecule has 0 radical (unpaired) electrons. The van der Waals surface area contributed by atoms with Crippen LogP contribution in [0.2, 0.25) is 11.1 Å². The molecule has 1 saturated heterocycles. The molecule has 1 fully saturated rings. The Labute approximate surface area is 89.6 Å². The molecule has 1 heterocycles. The van der Waals surface area contributed by atoms with E-state index in [0.717, 1.165) is 23.5 Å². The summed E-state index contributed by atoms with van der Waals surface area (Å²) >= 11 is 0. The highest BCUT2D eigenvalue weighted by Crippen LogP contribution is 2.55. The van der Waals surface area contributed by atoms with Gasteiger partial charge in [-0.1, -0.05) is 34.1 Å². The van der Waals surface area contributed by atoms with E-state index < -0.39 is 8.48 Å². The average Bonchev–Trinajstić information content (AvgIpc) is 2.12. The summed E-state index contributed by atoms with van der Waals surface area (Å²) in [5, 5.41) is 0. The predicted octanol–water partition coefficient (Wildman–Crippen LogP) is 2.89. The van der Waals surface area contributed by atoms with Crippen LogP contribution < -0.4 is 4.98 Å². The molecular weight excluding hydrogens is 190 g/mol. The monoisotopic (exact) mass is 215 g/mol. The summed E-state index contributed by atoms with van der Waals surface area (Å²) in [7, 11) is 0.320. The molecule has 1 aliphatic heterocycles. The van der Waals surface area contributed by atoms with Crippen LogP contribution in [0.15, 0.2) is 0 Å². The second kappa shape index (κ2) is 4.77. The lowest BCUT2D eigenvalue weighted by molar-refractivity contribution is 0.270. The molecule has 0 spiro atoms. The molecule has 0 aromatic rings. The van der Waals surface area contributed by atoms with Crippen LogP contribution in [0.5, 0.6) is 0 Å².